The number of nitrogens with one attached hydrogen (secondary N) is 2. The van der Waals surface area contributed by atoms with E-state index < -0.39 is 23.8 Å². The van der Waals surface area contributed by atoms with E-state index in [2.05, 4.69) is 17.6 Å². The molecule has 7 nitrogen and oxygen atoms in total. The molecule has 0 aromatic heterocycles. The van der Waals surface area contributed by atoms with E-state index in [0.717, 1.165) is 47.9 Å². The van der Waals surface area contributed by atoms with Crippen LogP contribution in [0.2, 0.25) is 5.02 Å². The van der Waals surface area contributed by atoms with Gasteiger partial charge in [-0.15, -0.1) is 0 Å². The predicted molar refractivity (Wildman–Crippen MR) is 172 cm³/mol. The number of amides is 3. The van der Waals surface area contributed by atoms with Crippen LogP contribution >= 0.6 is 11.6 Å². The Morgan fingerprint density at radius 3 is 2.26 bits per heavy atom. The zero-order valence-electron chi connectivity index (χ0n) is 26.9. The normalized spacial score (nSPS) is 12.9. The summed E-state index contributed by atoms with van der Waals surface area (Å²) in [4.78, 5) is 43.3. The highest BCUT2D eigenvalue weighted by Crippen LogP contribution is 2.32. The number of rotatable bonds is 13. The molecule has 232 valence electrons. The Morgan fingerprint density at radius 1 is 0.976 bits per heavy atom. The molecule has 0 radical (unpaired) electrons. The highest BCUT2D eigenvalue weighted by molar-refractivity contribution is 6.34. The van der Waals surface area contributed by atoms with Gasteiger partial charge in [0.05, 0.1) is 10.7 Å². The van der Waals surface area contributed by atoms with Crippen molar-refractivity contribution in [3.8, 4) is 0 Å². The Morgan fingerprint density at radius 2 is 1.67 bits per heavy atom. The van der Waals surface area contributed by atoms with Crippen LogP contribution in [-0.4, -0.2) is 41.0 Å². The summed E-state index contributed by atoms with van der Waals surface area (Å²) >= 11 is 6.50. The average Bonchev–Trinajstić information content (AvgIpc) is 2.87. The highest BCUT2D eigenvalue weighted by Gasteiger charge is 2.37. The molecule has 0 aliphatic rings. The number of unbranched alkanes of at least 4 members (excludes halogenated alkanes) is 3. The number of ether oxygens (including phenoxy) is 1. The lowest BCUT2D eigenvalue weighted by atomic mass is 9.94. The summed E-state index contributed by atoms with van der Waals surface area (Å²) in [5.41, 5.74) is 3.23. The number of benzene rings is 2. The molecule has 0 saturated heterocycles. The molecule has 2 unspecified atom stereocenters. The van der Waals surface area contributed by atoms with Crippen LogP contribution in [0.5, 0.6) is 0 Å². The molecule has 0 saturated carbocycles. The molecule has 2 N–H and O–H groups in total. The van der Waals surface area contributed by atoms with Gasteiger partial charge in [-0.2, -0.15) is 0 Å². The van der Waals surface area contributed by atoms with Crippen LogP contribution in [0, 0.1) is 26.7 Å². The van der Waals surface area contributed by atoms with Crippen molar-refractivity contribution in [1.29, 1.82) is 0 Å². The second-order valence-corrected chi connectivity index (χ2v) is 13.0. The molecule has 42 heavy (non-hydrogen) atoms. The minimum absolute atomic E-state index is 0.106. The third-order valence-corrected chi connectivity index (χ3v) is 7.31. The molecule has 2 aromatic carbocycles. The lowest BCUT2D eigenvalue weighted by Gasteiger charge is -2.36. The first-order valence-corrected chi connectivity index (χ1v) is 15.5. The second kappa shape index (κ2) is 16.0. The van der Waals surface area contributed by atoms with Crippen molar-refractivity contribution in [2.24, 2.45) is 5.92 Å². The van der Waals surface area contributed by atoms with E-state index >= 15 is 0 Å². The summed E-state index contributed by atoms with van der Waals surface area (Å²) in [5.74, 6) is -0.568. The molecule has 2 atom stereocenters. The van der Waals surface area contributed by atoms with Crippen LogP contribution in [0.3, 0.4) is 0 Å². The standard InChI is InChI=1S/C34H50ClN3O4/c1-10-11-12-13-19-38(32(40)28(20-22(2)3)36-33(41)42-34(7,8)9)30(26-21-23(4)17-18-24(26)5)31(39)37-29-25(6)15-14-16-27(29)35/h14-18,21-22,28,30H,10-13,19-20H2,1-9H3,(H,36,41)(H,37,39). The van der Waals surface area contributed by atoms with Gasteiger partial charge in [-0.1, -0.05) is 87.5 Å². The zero-order valence-corrected chi connectivity index (χ0v) is 27.7. The first-order chi connectivity index (χ1) is 19.6. The molecular formula is C34H50ClN3O4. The van der Waals surface area contributed by atoms with E-state index in [4.69, 9.17) is 16.3 Å². The molecule has 0 spiro atoms. The van der Waals surface area contributed by atoms with Crippen molar-refractivity contribution in [1.82, 2.24) is 10.2 Å². The van der Waals surface area contributed by atoms with Crippen LogP contribution < -0.4 is 10.6 Å². The average molecular weight is 600 g/mol. The fourth-order valence-electron chi connectivity index (χ4n) is 4.91. The van der Waals surface area contributed by atoms with E-state index in [1.54, 1.807) is 31.7 Å². The van der Waals surface area contributed by atoms with Crippen molar-refractivity contribution >= 4 is 35.2 Å². The van der Waals surface area contributed by atoms with E-state index in [-0.39, 0.29) is 17.7 Å². The van der Waals surface area contributed by atoms with Gasteiger partial charge in [-0.25, -0.2) is 4.79 Å². The van der Waals surface area contributed by atoms with Gasteiger partial charge in [0.1, 0.15) is 17.7 Å². The molecular weight excluding hydrogens is 550 g/mol. The summed E-state index contributed by atoms with van der Waals surface area (Å²) < 4.78 is 5.51. The minimum Gasteiger partial charge on any atom is -0.444 e. The number of nitrogens with zero attached hydrogens (tertiary/aromatic N) is 1. The van der Waals surface area contributed by atoms with Gasteiger partial charge in [-0.05, 0) is 83.1 Å². The van der Waals surface area contributed by atoms with Crippen molar-refractivity contribution < 1.29 is 19.1 Å². The third-order valence-electron chi connectivity index (χ3n) is 6.99. The quantitative estimate of drug-likeness (QED) is 0.227. The number of carbonyl (C=O) groups is 3. The number of halogens is 1. The Kier molecular flexibility index (Phi) is 13.4. The molecule has 0 aliphatic carbocycles. The smallest absolute Gasteiger partial charge is 0.408 e. The maximum absolute atomic E-state index is 14.5. The van der Waals surface area contributed by atoms with Gasteiger partial charge < -0.3 is 20.3 Å². The van der Waals surface area contributed by atoms with Crippen LogP contribution in [0.25, 0.3) is 0 Å². The Labute approximate surface area is 257 Å². The number of hydrogen-bond acceptors (Lipinski definition) is 4. The van der Waals surface area contributed by atoms with E-state index in [9.17, 15) is 14.4 Å². The minimum atomic E-state index is -0.940. The first kappa shape index (κ1) is 35.1. The Hall–Kier alpha value is -3.06. The fraction of sp³-hybridized carbons (Fsp3) is 0.559. The third kappa shape index (κ3) is 10.6. The lowest BCUT2D eigenvalue weighted by Crippen LogP contribution is -2.53. The van der Waals surface area contributed by atoms with Gasteiger partial charge in [-0.3, -0.25) is 9.59 Å². The van der Waals surface area contributed by atoms with Crippen molar-refractivity contribution in [2.75, 3.05) is 11.9 Å². The topological polar surface area (TPSA) is 87.7 Å². The molecule has 0 fully saturated rings. The second-order valence-electron chi connectivity index (χ2n) is 12.6. The maximum atomic E-state index is 14.5. The summed E-state index contributed by atoms with van der Waals surface area (Å²) in [6.45, 7) is 17.6. The summed E-state index contributed by atoms with van der Waals surface area (Å²) in [5, 5.41) is 6.28. The lowest BCUT2D eigenvalue weighted by molar-refractivity contribution is -0.141. The SMILES string of the molecule is CCCCCCN(C(=O)C(CC(C)C)NC(=O)OC(C)(C)C)C(C(=O)Nc1c(C)cccc1Cl)c1cc(C)ccc1C. The maximum Gasteiger partial charge on any atom is 0.408 e. The highest BCUT2D eigenvalue weighted by atomic mass is 35.5. The molecule has 2 aromatic rings. The summed E-state index contributed by atoms with van der Waals surface area (Å²) in [6, 6.07) is 9.56. The molecule has 0 aliphatic heterocycles. The molecule has 0 bridgehead atoms. The van der Waals surface area contributed by atoms with Crippen molar-refractivity contribution in [3.63, 3.8) is 0 Å². The van der Waals surface area contributed by atoms with Gasteiger partial charge in [0.15, 0.2) is 0 Å². The summed E-state index contributed by atoms with van der Waals surface area (Å²) in [6.07, 6.45) is 3.43. The van der Waals surface area contributed by atoms with Crippen molar-refractivity contribution in [2.45, 2.75) is 112 Å². The zero-order chi connectivity index (χ0) is 31.6. The van der Waals surface area contributed by atoms with Gasteiger partial charge in [0.25, 0.3) is 5.91 Å². The van der Waals surface area contributed by atoms with Gasteiger partial charge >= 0.3 is 6.09 Å². The number of anilines is 1. The summed E-state index contributed by atoms with van der Waals surface area (Å²) in [7, 11) is 0. The van der Waals surface area contributed by atoms with Crippen molar-refractivity contribution in [3.05, 3.63) is 63.7 Å². The Balaban J connectivity index is 2.64. The first-order valence-electron chi connectivity index (χ1n) is 15.1. The Bertz CT molecular complexity index is 1200. The number of aryl methyl sites for hydroxylation is 3. The molecule has 3 amide bonds. The van der Waals surface area contributed by atoms with E-state index in [0.29, 0.717) is 23.7 Å². The number of alkyl carbamates (subject to hydrolysis) is 1. The monoisotopic (exact) mass is 599 g/mol. The van der Waals surface area contributed by atoms with E-state index in [1.165, 1.54) is 0 Å². The van der Waals surface area contributed by atoms with Gasteiger partial charge in [0, 0.05) is 6.54 Å². The molecule has 8 heteroatoms. The van der Waals surface area contributed by atoms with Crippen LogP contribution in [0.15, 0.2) is 36.4 Å². The van der Waals surface area contributed by atoms with Crippen LogP contribution in [-0.2, 0) is 14.3 Å². The molecule has 0 heterocycles. The van der Waals surface area contributed by atoms with E-state index in [1.807, 2.05) is 65.0 Å². The van der Waals surface area contributed by atoms with Crippen LogP contribution in [0.4, 0.5) is 10.5 Å². The van der Waals surface area contributed by atoms with Gasteiger partial charge in [0.2, 0.25) is 5.91 Å². The molecule has 2 rings (SSSR count). The number of carbonyl (C=O) groups excluding carboxylic acids is 3. The predicted octanol–water partition coefficient (Wildman–Crippen LogP) is 8.29. The number of hydrogen-bond donors (Lipinski definition) is 2. The van der Waals surface area contributed by atoms with Crippen LogP contribution in [0.1, 0.15) is 102 Å². The largest absolute Gasteiger partial charge is 0.444 e. The fourth-order valence-corrected chi connectivity index (χ4v) is 5.17. The number of para-hydroxylation sites is 1.